The van der Waals surface area contributed by atoms with Gasteiger partial charge in [-0.3, -0.25) is 4.79 Å². The minimum Gasteiger partial charge on any atom is -0.459 e. The van der Waals surface area contributed by atoms with E-state index in [-0.39, 0.29) is 45.0 Å². The number of anilines is 1. The number of carbonyl (C=O) groups is 1. The fourth-order valence-corrected chi connectivity index (χ4v) is 5.70. The summed E-state index contributed by atoms with van der Waals surface area (Å²) in [6.45, 7) is 6.52. The van der Waals surface area contributed by atoms with Crippen LogP contribution in [0, 0.1) is 0 Å². The molecule has 1 aliphatic rings. The maximum atomic E-state index is 13.3. The van der Waals surface area contributed by atoms with Crippen LogP contribution in [0.3, 0.4) is 0 Å². The topological polar surface area (TPSA) is 89.3 Å². The molecule has 0 unspecified atom stereocenters. The molecule has 0 aliphatic carbocycles. The fraction of sp³-hybridized carbons (Fsp3) is 0.370. The smallest absolute Gasteiger partial charge is 0.339 e. The van der Waals surface area contributed by atoms with E-state index >= 15 is 0 Å². The Morgan fingerprint density at radius 2 is 1.87 bits per heavy atom. The Kier molecular flexibility index (Phi) is 9.25. The van der Waals surface area contributed by atoms with Crippen molar-refractivity contribution in [3.63, 3.8) is 0 Å². The molecule has 8 nitrogen and oxygen atoms in total. The van der Waals surface area contributed by atoms with Crippen molar-refractivity contribution in [1.29, 1.82) is 0 Å². The van der Waals surface area contributed by atoms with E-state index in [1.165, 1.54) is 24.5 Å². The Morgan fingerprint density at radius 3 is 2.50 bits per heavy atom. The van der Waals surface area contributed by atoms with Crippen LogP contribution in [0.25, 0.3) is 0 Å². The maximum Gasteiger partial charge on any atom is 0.339 e. The standard InChI is InChI=1S/C27H30Cl2N2O6S/c1-3-30(4-2)20-10-9-19(26(15-20)37-38(33,34)22-11-12-23(28)24(29)16-22)17-31(18-21-7-5-13-35-21)27(32)25-8-6-14-36-25/h6,8-12,14-16,21H,3-5,7,13,17-18H2,1-2H3/t21-/m0/s1. The van der Waals surface area contributed by atoms with Crippen LogP contribution in [0.2, 0.25) is 10.0 Å². The molecule has 204 valence electrons. The minimum atomic E-state index is -4.26. The molecule has 0 N–H and O–H groups in total. The second-order valence-electron chi connectivity index (χ2n) is 8.88. The van der Waals surface area contributed by atoms with E-state index in [4.69, 9.17) is 36.5 Å². The number of furan rings is 1. The third-order valence-electron chi connectivity index (χ3n) is 6.39. The third-order valence-corrected chi connectivity index (χ3v) is 8.36. The first-order valence-corrected chi connectivity index (χ1v) is 14.6. The number of hydrogen-bond donors (Lipinski definition) is 0. The van der Waals surface area contributed by atoms with Crippen LogP contribution < -0.4 is 9.08 Å². The number of nitrogens with zero attached hydrogens (tertiary/aromatic N) is 2. The van der Waals surface area contributed by atoms with Crippen molar-refractivity contribution in [3.05, 3.63) is 76.2 Å². The lowest BCUT2D eigenvalue weighted by Gasteiger charge is -2.27. The van der Waals surface area contributed by atoms with Gasteiger partial charge in [-0.15, -0.1) is 0 Å². The van der Waals surface area contributed by atoms with Crippen LogP contribution in [0.1, 0.15) is 42.8 Å². The summed E-state index contributed by atoms with van der Waals surface area (Å²) >= 11 is 12.0. The second kappa shape index (κ2) is 12.4. The molecule has 0 bridgehead atoms. The lowest BCUT2D eigenvalue weighted by molar-refractivity contribution is 0.0483. The van der Waals surface area contributed by atoms with E-state index < -0.39 is 10.1 Å². The van der Waals surface area contributed by atoms with Gasteiger partial charge in [-0.05, 0) is 63.1 Å². The summed E-state index contributed by atoms with van der Waals surface area (Å²) in [6.07, 6.45) is 3.07. The van der Waals surface area contributed by atoms with E-state index in [1.807, 2.05) is 19.9 Å². The summed E-state index contributed by atoms with van der Waals surface area (Å²) in [5.41, 5.74) is 1.31. The highest BCUT2D eigenvalue weighted by Gasteiger charge is 2.27. The summed E-state index contributed by atoms with van der Waals surface area (Å²) in [7, 11) is -4.26. The maximum absolute atomic E-state index is 13.3. The van der Waals surface area contributed by atoms with E-state index in [0.717, 1.165) is 31.6 Å². The van der Waals surface area contributed by atoms with Gasteiger partial charge in [0.2, 0.25) is 0 Å². The van der Waals surface area contributed by atoms with Gasteiger partial charge in [-0.2, -0.15) is 8.42 Å². The summed E-state index contributed by atoms with van der Waals surface area (Å²) in [4.78, 5) is 16.9. The monoisotopic (exact) mass is 580 g/mol. The SMILES string of the molecule is CCN(CC)c1ccc(CN(C[C@@H]2CCCO2)C(=O)c2ccco2)c(OS(=O)(=O)c2ccc(Cl)c(Cl)c2)c1. The predicted molar refractivity (Wildman–Crippen MR) is 147 cm³/mol. The van der Waals surface area contributed by atoms with Gasteiger partial charge in [0.05, 0.1) is 22.4 Å². The summed E-state index contributed by atoms with van der Waals surface area (Å²) in [5, 5.41) is 0.330. The lowest BCUT2D eigenvalue weighted by atomic mass is 10.1. The third kappa shape index (κ3) is 6.64. The zero-order chi connectivity index (χ0) is 27.3. The van der Waals surface area contributed by atoms with E-state index in [9.17, 15) is 13.2 Å². The number of benzene rings is 2. The van der Waals surface area contributed by atoms with Gasteiger partial charge in [0.1, 0.15) is 10.6 Å². The van der Waals surface area contributed by atoms with Crippen molar-refractivity contribution < 1.29 is 26.5 Å². The average Bonchev–Trinajstić information content (AvgIpc) is 3.61. The fourth-order valence-electron chi connectivity index (χ4n) is 4.35. The van der Waals surface area contributed by atoms with Crippen molar-refractivity contribution in [2.75, 3.05) is 31.1 Å². The number of halogens is 2. The number of hydrogen-bond acceptors (Lipinski definition) is 7. The molecule has 38 heavy (non-hydrogen) atoms. The Morgan fingerprint density at radius 1 is 1.08 bits per heavy atom. The van der Waals surface area contributed by atoms with Gasteiger partial charge in [-0.1, -0.05) is 29.3 Å². The van der Waals surface area contributed by atoms with Crippen molar-refractivity contribution in [1.82, 2.24) is 4.90 Å². The van der Waals surface area contributed by atoms with Crippen molar-refractivity contribution >= 4 is 44.9 Å². The van der Waals surface area contributed by atoms with Crippen LogP contribution in [0.15, 0.2) is 64.1 Å². The molecule has 1 saturated heterocycles. The summed E-state index contributed by atoms with van der Waals surface area (Å²) in [5.74, 6) is -0.0182. The number of amides is 1. The van der Waals surface area contributed by atoms with Gasteiger partial charge in [0, 0.05) is 50.1 Å². The largest absolute Gasteiger partial charge is 0.459 e. The molecular weight excluding hydrogens is 551 g/mol. The molecule has 1 aliphatic heterocycles. The first-order chi connectivity index (χ1) is 18.2. The summed E-state index contributed by atoms with van der Waals surface area (Å²) < 4.78 is 43.4. The average molecular weight is 582 g/mol. The molecule has 11 heteroatoms. The van der Waals surface area contributed by atoms with Gasteiger partial charge in [0.15, 0.2) is 5.76 Å². The zero-order valence-electron chi connectivity index (χ0n) is 21.2. The Bertz CT molecular complexity index is 1350. The molecule has 1 fully saturated rings. The van der Waals surface area contributed by atoms with Gasteiger partial charge < -0.3 is 23.1 Å². The van der Waals surface area contributed by atoms with E-state index in [2.05, 4.69) is 4.90 Å². The highest BCUT2D eigenvalue weighted by molar-refractivity contribution is 7.87. The van der Waals surface area contributed by atoms with E-state index in [0.29, 0.717) is 18.7 Å². The molecule has 0 radical (unpaired) electrons. The molecule has 2 aromatic carbocycles. The van der Waals surface area contributed by atoms with Gasteiger partial charge >= 0.3 is 10.1 Å². The van der Waals surface area contributed by atoms with Crippen LogP contribution in [0.5, 0.6) is 5.75 Å². The van der Waals surface area contributed by atoms with Crippen LogP contribution in [-0.4, -0.2) is 51.6 Å². The quantitative estimate of drug-likeness (QED) is 0.256. The number of carbonyl (C=O) groups excluding carboxylic acids is 1. The highest BCUT2D eigenvalue weighted by Crippen LogP contribution is 2.32. The first kappa shape index (κ1) is 28.3. The van der Waals surface area contributed by atoms with Crippen LogP contribution in [-0.2, 0) is 21.4 Å². The molecule has 1 atom stereocenters. The van der Waals surface area contributed by atoms with Crippen molar-refractivity contribution in [2.24, 2.45) is 0 Å². The van der Waals surface area contributed by atoms with Crippen molar-refractivity contribution in [3.8, 4) is 5.75 Å². The zero-order valence-corrected chi connectivity index (χ0v) is 23.6. The Balaban J connectivity index is 1.71. The van der Waals surface area contributed by atoms with Crippen LogP contribution in [0.4, 0.5) is 5.69 Å². The molecule has 2 heterocycles. The molecule has 0 saturated carbocycles. The molecule has 4 rings (SSSR count). The number of rotatable bonds is 11. The molecule has 3 aromatic rings. The van der Waals surface area contributed by atoms with Gasteiger partial charge in [-0.25, -0.2) is 0 Å². The summed E-state index contributed by atoms with van der Waals surface area (Å²) in [6, 6.07) is 12.6. The second-order valence-corrected chi connectivity index (χ2v) is 11.2. The van der Waals surface area contributed by atoms with Gasteiger partial charge in [0.25, 0.3) is 5.91 Å². The highest BCUT2D eigenvalue weighted by atomic mass is 35.5. The predicted octanol–water partition coefficient (Wildman–Crippen LogP) is 6.02. The lowest BCUT2D eigenvalue weighted by Crippen LogP contribution is -2.37. The molecule has 0 spiro atoms. The Labute approximate surface area is 233 Å². The molecule has 1 amide bonds. The molecular formula is C27H30Cl2N2O6S. The minimum absolute atomic E-state index is 0.0875. The van der Waals surface area contributed by atoms with Crippen molar-refractivity contribution in [2.45, 2.75) is 44.2 Å². The normalized spacial score (nSPS) is 15.4. The number of ether oxygens (including phenoxy) is 1. The van der Waals surface area contributed by atoms with E-state index in [1.54, 1.807) is 29.2 Å². The Hall–Kier alpha value is -2.72. The molecule has 1 aromatic heterocycles. The van der Waals surface area contributed by atoms with Crippen LogP contribution >= 0.6 is 23.2 Å². The first-order valence-electron chi connectivity index (χ1n) is 12.4.